The summed E-state index contributed by atoms with van der Waals surface area (Å²) in [6.07, 6.45) is 3.01. The molecular formula is C15H22ClN3O5S. The summed E-state index contributed by atoms with van der Waals surface area (Å²) in [5.41, 5.74) is 5.50. The van der Waals surface area contributed by atoms with E-state index in [0.717, 1.165) is 12.8 Å². The Morgan fingerprint density at radius 2 is 1.92 bits per heavy atom. The number of rotatable bonds is 6. The van der Waals surface area contributed by atoms with Crippen molar-refractivity contribution in [3.63, 3.8) is 0 Å². The van der Waals surface area contributed by atoms with E-state index >= 15 is 0 Å². The van der Waals surface area contributed by atoms with Crippen molar-refractivity contribution in [2.75, 3.05) is 19.0 Å². The highest BCUT2D eigenvalue weighted by Gasteiger charge is 2.37. The van der Waals surface area contributed by atoms with Crippen molar-refractivity contribution in [3.05, 3.63) is 24.3 Å². The molecule has 10 heteroatoms. The molecule has 1 aromatic rings. The summed E-state index contributed by atoms with van der Waals surface area (Å²) in [5, 5.41) is 2.67. The van der Waals surface area contributed by atoms with Crippen molar-refractivity contribution in [1.29, 1.82) is 0 Å². The van der Waals surface area contributed by atoms with Crippen molar-refractivity contribution in [3.8, 4) is 0 Å². The number of hydrogen-bond acceptors (Lipinski definition) is 6. The first kappa shape index (κ1) is 21.4. The van der Waals surface area contributed by atoms with Crippen LogP contribution in [0, 0.1) is 0 Å². The Kier molecular flexibility index (Phi) is 7.36. The Balaban J connectivity index is 0.00000312. The quantitative estimate of drug-likeness (QED) is 0.614. The first-order valence-corrected chi connectivity index (χ1v) is 9.02. The molecule has 1 fully saturated rings. The number of benzene rings is 1. The molecule has 140 valence electrons. The molecule has 0 spiro atoms. The third kappa shape index (κ3) is 5.40. The molecule has 0 atom stereocenters. The van der Waals surface area contributed by atoms with Gasteiger partial charge in [-0.3, -0.25) is 9.59 Å². The van der Waals surface area contributed by atoms with Gasteiger partial charge in [-0.25, -0.2) is 8.42 Å². The van der Waals surface area contributed by atoms with Gasteiger partial charge in [0.1, 0.15) is 6.54 Å². The third-order valence-electron chi connectivity index (χ3n) is 3.98. The van der Waals surface area contributed by atoms with Gasteiger partial charge in [0.05, 0.1) is 17.5 Å². The normalized spacial score (nSPS) is 15.9. The molecule has 0 radical (unpaired) electrons. The number of carbonyl (C=O) groups excluding carboxylic acids is 2. The maximum Gasteiger partial charge on any atom is 0.320 e. The molecule has 1 saturated carbocycles. The average Bonchev–Trinajstić information content (AvgIpc) is 3.01. The van der Waals surface area contributed by atoms with Gasteiger partial charge in [-0.05, 0) is 31.0 Å². The lowest BCUT2D eigenvalue weighted by atomic mass is 9.98. The number of ether oxygens (including phenoxy) is 1. The van der Waals surface area contributed by atoms with Gasteiger partial charge in [0.2, 0.25) is 15.9 Å². The molecule has 0 aliphatic heterocycles. The van der Waals surface area contributed by atoms with Crippen LogP contribution in [-0.4, -0.2) is 39.5 Å². The molecule has 1 amide bonds. The Labute approximate surface area is 153 Å². The van der Waals surface area contributed by atoms with E-state index in [1.165, 1.54) is 25.3 Å². The second-order valence-corrected chi connectivity index (χ2v) is 7.51. The SMILES string of the molecule is COC(=O)CNS(=O)(=O)c1cccc(NC(=O)C2(N)CCCC2)c1.Cl. The lowest BCUT2D eigenvalue weighted by molar-refractivity contribution is -0.139. The molecule has 0 aromatic heterocycles. The molecule has 0 bridgehead atoms. The first-order valence-electron chi connectivity index (χ1n) is 7.54. The van der Waals surface area contributed by atoms with E-state index in [2.05, 4.69) is 14.8 Å². The van der Waals surface area contributed by atoms with Gasteiger partial charge in [0, 0.05) is 5.69 Å². The summed E-state index contributed by atoms with van der Waals surface area (Å²) < 4.78 is 30.8. The molecule has 8 nitrogen and oxygen atoms in total. The number of nitrogens with two attached hydrogens (primary N) is 1. The van der Waals surface area contributed by atoms with E-state index in [9.17, 15) is 18.0 Å². The highest BCUT2D eigenvalue weighted by molar-refractivity contribution is 7.89. The number of nitrogens with one attached hydrogen (secondary N) is 2. The van der Waals surface area contributed by atoms with Crippen LogP contribution in [0.1, 0.15) is 25.7 Å². The van der Waals surface area contributed by atoms with Gasteiger partial charge in [0.25, 0.3) is 0 Å². The minimum atomic E-state index is -3.89. The number of anilines is 1. The van der Waals surface area contributed by atoms with E-state index in [1.54, 1.807) is 6.07 Å². The summed E-state index contributed by atoms with van der Waals surface area (Å²) in [7, 11) is -2.73. The Hall–Kier alpha value is -1.68. The molecule has 0 saturated heterocycles. The van der Waals surface area contributed by atoms with Crippen LogP contribution in [-0.2, 0) is 24.3 Å². The second kappa shape index (κ2) is 8.61. The van der Waals surface area contributed by atoms with Gasteiger partial charge in [-0.1, -0.05) is 18.9 Å². The van der Waals surface area contributed by atoms with E-state index < -0.39 is 28.1 Å². The summed E-state index contributed by atoms with van der Waals surface area (Å²) in [6, 6.07) is 5.76. The van der Waals surface area contributed by atoms with Gasteiger partial charge in [-0.2, -0.15) is 4.72 Å². The fourth-order valence-corrected chi connectivity index (χ4v) is 3.55. The minimum Gasteiger partial charge on any atom is -0.468 e. The van der Waals surface area contributed by atoms with Crippen LogP contribution >= 0.6 is 12.4 Å². The van der Waals surface area contributed by atoms with Crippen LogP contribution in [0.4, 0.5) is 5.69 Å². The number of esters is 1. The Morgan fingerprint density at radius 1 is 1.28 bits per heavy atom. The highest BCUT2D eigenvalue weighted by Crippen LogP contribution is 2.28. The summed E-state index contributed by atoms with van der Waals surface area (Å²) in [6.45, 7) is -0.471. The van der Waals surface area contributed by atoms with Crippen molar-refractivity contribution in [2.45, 2.75) is 36.1 Å². The monoisotopic (exact) mass is 391 g/mol. The zero-order valence-corrected chi connectivity index (χ0v) is 15.4. The highest BCUT2D eigenvalue weighted by atomic mass is 35.5. The number of halogens is 1. The number of methoxy groups -OCH3 is 1. The molecule has 2 rings (SSSR count). The zero-order valence-electron chi connectivity index (χ0n) is 13.8. The number of sulfonamides is 1. The smallest absolute Gasteiger partial charge is 0.320 e. The summed E-state index contributed by atoms with van der Waals surface area (Å²) >= 11 is 0. The molecule has 0 unspecified atom stereocenters. The molecule has 1 aliphatic rings. The molecular weight excluding hydrogens is 370 g/mol. The van der Waals surface area contributed by atoms with Crippen LogP contribution in [0.5, 0.6) is 0 Å². The number of carbonyl (C=O) groups is 2. The average molecular weight is 392 g/mol. The van der Waals surface area contributed by atoms with Crippen molar-refractivity contribution in [2.24, 2.45) is 5.73 Å². The van der Waals surface area contributed by atoms with E-state index in [4.69, 9.17) is 5.73 Å². The Bertz CT molecular complexity index is 732. The predicted molar refractivity (Wildman–Crippen MR) is 94.9 cm³/mol. The number of hydrogen-bond donors (Lipinski definition) is 3. The van der Waals surface area contributed by atoms with E-state index in [0.29, 0.717) is 18.5 Å². The molecule has 1 aromatic carbocycles. The maximum absolute atomic E-state index is 12.3. The lowest BCUT2D eigenvalue weighted by Gasteiger charge is -2.22. The molecule has 25 heavy (non-hydrogen) atoms. The fourth-order valence-electron chi connectivity index (χ4n) is 2.54. The largest absolute Gasteiger partial charge is 0.468 e. The van der Waals surface area contributed by atoms with E-state index in [-0.39, 0.29) is 23.2 Å². The zero-order chi connectivity index (χ0) is 17.8. The lowest BCUT2D eigenvalue weighted by Crippen LogP contribution is -2.48. The third-order valence-corrected chi connectivity index (χ3v) is 5.38. The van der Waals surface area contributed by atoms with Crippen molar-refractivity contribution in [1.82, 2.24) is 4.72 Å². The van der Waals surface area contributed by atoms with Crippen LogP contribution in [0.25, 0.3) is 0 Å². The van der Waals surface area contributed by atoms with Gasteiger partial charge < -0.3 is 15.8 Å². The van der Waals surface area contributed by atoms with Gasteiger partial charge in [0.15, 0.2) is 0 Å². The molecule has 4 N–H and O–H groups in total. The van der Waals surface area contributed by atoms with E-state index in [1.807, 2.05) is 0 Å². The summed E-state index contributed by atoms with van der Waals surface area (Å²) in [4.78, 5) is 23.3. The topological polar surface area (TPSA) is 128 Å². The van der Waals surface area contributed by atoms with Crippen molar-refractivity contribution < 1.29 is 22.7 Å². The van der Waals surface area contributed by atoms with Crippen LogP contribution in [0.3, 0.4) is 0 Å². The molecule has 0 heterocycles. The van der Waals surface area contributed by atoms with Crippen LogP contribution in [0.2, 0.25) is 0 Å². The first-order chi connectivity index (χ1) is 11.3. The summed E-state index contributed by atoms with van der Waals surface area (Å²) in [5.74, 6) is -1.02. The fraction of sp³-hybridized carbons (Fsp3) is 0.467. The van der Waals surface area contributed by atoms with Gasteiger partial charge in [-0.15, -0.1) is 12.4 Å². The minimum absolute atomic E-state index is 0. The Morgan fingerprint density at radius 3 is 2.52 bits per heavy atom. The molecule has 1 aliphatic carbocycles. The van der Waals surface area contributed by atoms with Crippen molar-refractivity contribution >= 4 is 40.0 Å². The standard InChI is InChI=1S/C15H21N3O5S.ClH/c1-23-13(19)10-17-24(21,22)12-6-4-5-11(9-12)18-14(20)15(16)7-2-3-8-15;/h4-6,9,17H,2-3,7-8,10,16H2,1H3,(H,18,20);1H. The maximum atomic E-state index is 12.3. The number of amides is 1. The van der Waals surface area contributed by atoms with Gasteiger partial charge >= 0.3 is 5.97 Å². The van der Waals surface area contributed by atoms with Crippen LogP contribution in [0.15, 0.2) is 29.2 Å². The second-order valence-electron chi connectivity index (χ2n) is 5.75. The predicted octanol–water partition coefficient (Wildman–Crippen LogP) is 0.770. The van der Waals surface area contributed by atoms with Crippen LogP contribution < -0.4 is 15.8 Å².